The molecule has 0 bridgehead atoms. The fourth-order valence-electron chi connectivity index (χ4n) is 2.73. The lowest BCUT2D eigenvalue weighted by atomic mass is 10.1. The summed E-state index contributed by atoms with van der Waals surface area (Å²) in [7, 11) is 0. The number of carbonyl (C=O) groups is 2. The van der Waals surface area contributed by atoms with Crippen molar-refractivity contribution >= 4 is 22.9 Å². The summed E-state index contributed by atoms with van der Waals surface area (Å²) < 4.78 is 1.77. The van der Waals surface area contributed by atoms with Gasteiger partial charge < -0.3 is 10.4 Å². The van der Waals surface area contributed by atoms with Crippen LogP contribution in [0, 0.1) is 0 Å². The zero-order valence-electron chi connectivity index (χ0n) is 14.6. The van der Waals surface area contributed by atoms with Gasteiger partial charge in [0.2, 0.25) is 0 Å². The van der Waals surface area contributed by atoms with Gasteiger partial charge in [-0.1, -0.05) is 30.3 Å². The van der Waals surface area contributed by atoms with Gasteiger partial charge in [-0.15, -0.1) is 0 Å². The number of nitrogens with one attached hydrogen (secondary N) is 1. The van der Waals surface area contributed by atoms with Gasteiger partial charge in [-0.25, -0.2) is 14.5 Å². The molecule has 7 heteroatoms. The first-order valence-electron chi connectivity index (χ1n) is 8.36. The Kier molecular flexibility index (Phi) is 4.97. The van der Waals surface area contributed by atoms with Crippen LogP contribution in [0.1, 0.15) is 35.8 Å². The van der Waals surface area contributed by atoms with E-state index >= 15 is 0 Å². The first-order valence-corrected chi connectivity index (χ1v) is 8.36. The maximum atomic E-state index is 12.5. The van der Waals surface area contributed by atoms with Crippen LogP contribution >= 0.6 is 0 Å². The van der Waals surface area contributed by atoms with E-state index in [-0.39, 0.29) is 12.5 Å². The average molecular weight is 352 g/mol. The van der Waals surface area contributed by atoms with Crippen LogP contribution in [0.2, 0.25) is 0 Å². The van der Waals surface area contributed by atoms with Gasteiger partial charge in [0.25, 0.3) is 5.91 Å². The number of rotatable bonds is 6. The Labute approximate surface area is 150 Å². The topological polar surface area (TPSA) is 97.1 Å². The number of fused-ring (bicyclic) bond motifs is 1. The summed E-state index contributed by atoms with van der Waals surface area (Å²) in [5.74, 6) is -1.55. The Balaban J connectivity index is 1.79. The van der Waals surface area contributed by atoms with Gasteiger partial charge in [0, 0.05) is 24.0 Å². The Morgan fingerprint density at radius 3 is 2.58 bits per heavy atom. The van der Waals surface area contributed by atoms with Crippen LogP contribution in [0.3, 0.4) is 0 Å². The summed E-state index contributed by atoms with van der Waals surface area (Å²) in [6.45, 7) is 3.99. The summed E-state index contributed by atoms with van der Waals surface area (Å²) in [6, 6.07) is 9.99. The minimum atomic E-state index is -1.08. The van der Waals surface area contributed by atoms with E-state index in [0.717, 1.165) is 10.9 Å². The monoisotopic (exact) mass is 352 g/mol. The zero-order chi connectivity index (χ0) is 18.7. The second-order valence-electron chi connectivity index (χ2n) is 6.37. The molecule has 0 aliphatic rings. The number of hydrogen-bond acceptors (Lipinski definition) is 4. The van der Waals surface area contributed by atoms with Gasteiger partial charge in [0.1, 0.15) is 6.04 Å². The Bertz CT molecular complexity index is 934. The Hall–Kier alpha value is -3.22. The highest BCUT2D eigenvalue weighted by Gasteiger charge is 2.22. The molecule has 3 rings (SSSR count). The second-order valence-corrected chi connectivity index (χ2v) is 6.37. The van der Waals surface area contributed by atoms with E-state index in [1.165, 1.54) is 6.20 Å². The predicted molar refractivity (Wildman–Crippen MR) is 96.9 cm³/mol. The summed E-state index contributed by atoms with van der Waals surface area (Å²) >= 11 is 0. The van der Waals surface area contributed by atoms with Crippen molar-refractivity contribution < 1.29 is 14.7 Å². The molecular weight excluding hydrogens is 332 g/mol. The highest BCUT2D eigenvalue weighted by Crippen LogP contribution is 2.17. The van der Waals surface area contributed by atoms with E-state index in [0.29, 0.717) is 11.2 Å². The molecule has 2 aromatic heterocycles. The maximum Gasteiger partial charge on any atom is 0.326 e. The van der Waals surface area contributed by atoms with Crippen LogP contribution in [0.15, 0.2) is 48.8 Å². The van der Waals surface area contributed by atoms with Crippen molar-refractivity contribution in [2.75, 3.05) is 0 Å². The van der Waals surface area contributed by atoms with E-state index in [1.807, 2.05) is 44.2 Å². The number of carboxylic acid groups (broad SMARTS) is 1. The number of pyridine rings is 1. The van der Waals surface area contributed by atoms with E-state index in [9.17, 15) is 14.7 Å². The lowest BCUT2D eigenvalue weighted by molar-refractivity contribution is -0.139. The zero-order valence-corrected chi connectivity index (χ0v) is 14.6. The molecule has 26 heavy (non-hydrogen) atoms. The SMILES string of the molecule is CC(C)n1ncc2cc(C(=O)N[C@@H](Cc3ccccc3)C(=O)O)cnc21. The van der Waals surface area contributed by atoms with E-state index in [1.54, 1.807) is 16.9 Å². The number of benzene rings is 1. The summed E-state index contributed by atoms with van der Waals surface area (Å²) in [5.41, 5.74) is 1.84. The largest absolute Gasteiger partial charge is 0.480 e. The first-order chi connectivity index (χ1) is 12.5. The van der Waals surface area contributed by atoms with Crippen molar-refractivity contribution in [1.82, 2.24) is 20.1 Å². The van der Waals surface area contributed by atoms with Crippen molar-refractivity contribution in [1.29, 1.82) is 0 Å². The lowest BCUT2D eigenvalue weighted by Gasteiger charge is -2.14. The average Bonchev–Trinajstić information content (AvgIpc) is 3.05. The van der Waals surface area contributed by atoms with Crippen LogP contribution in [0.4, 0.5) is 0 Å². The molecule has 3 aromatic rings. The lowest BCUT2D eigenvalue weighted by Crippen LogP contribution is -2.42. The van der Waals surface area contributed by atoms with E-state index < -0.39 is 17.9 Å². The first kappa shape index (κ1) is 17.6. The van der Waals surface area contributed by atoms with Gasteiger partial charge in [0.05, 0.1) is 11.8 Å². The smallest absolute Gasteiger partial charge is 0.326 e. The summed E-state index contributed by atoms with van der Waals surface area (Å²) in [5, 5.41) is 17.0. The molecule has 0 aliphatic carbocycles. The van der Waals surface area contributed by atoms with Crippen molar-refractivity contribution in [3.05, 3.63) is 59.9 Å². The number of amides is 1. The van der Waals surface area contributed by atoms with Crippen molar-refractivity contribution in [3.63, 3.8) is 0 Å². The van der Waals surface area contributed by atoms with Gasteiger partial charge in [-0.05, 0) is 25.5 Å². The molecule has 1 atom stereocenters. The number of aromatic nitrogens is 3. The highest BCUT2D eigenvalue weighted by molar-refractivity contribution is 5.98. The minimum Gasteiger partial charge on any atom is -0.480 e. The molecule has 7 nitrogen and oxygen atoms in total. The maximum absolute atomic E-state index is 12.5. The predicted octanol–water partition coefficient (Wildman–Crippen LogP) is 2.44. The third-order valence-electron chi connectivity index (χ3n) is 4.07. The third kappa shape index (κ3) is 3.72. The number of nitrogens with zero attached hydrogens (tertiary/aromatic N) is 3. The van der Waals surface area contributed by atoms with Crippen LogP contribution in [-0.2, 0) is 11.2 Å². The second kappa shape index (κ2) is 7.35. The molecule has 0 aliphatic heterocycles. The third-order valence-corrected chi connectivity index (χ3v) is 4.07. The summed E-state index contributed by atoms with van der Waals surface area (Å²) in [6.07, 6.45) is 3.31. The molecule has 0 saturated heterocycles. The molecule has 0 saturated carbocycles. The minimum absolute atomic E-state index is 0.155. The molecule has 0 spiro atoms. The van der Waals surface area contributed by atoms with Crippen molar-refractivity contribution in [3.8, 4) is 0 Å². The number of aliphatic carboxylic acids is 1. The normalized spacial score (nSPS) is 12.3. The van der Waals surface area contributed by atoms with E-state index in [4.69, 9.17) is 0 Å². The quantitative estimate of drug-likeness (QED) is 0.710. The Morgan fingerprint density at radius 1 is 1.19 bits per heavy atom. The standard InChI is InChI=1S/C19H20N4O3/c1-12(2)23-17-14(11-21-23)9-15(10-20-17)18(24)22-16(19(25)26)8-13-6-4-3-5-7-13/h3-7,9-12,16H,8H2,1-2H3,(H,22,24)(H,25,26)/t16-/m0/s1. The molecule has 134 valence electrons. The van der Waals surface area contributed by atoms with Gasteiger partial charge in [-0.2, -0.15) is 5.10 Å². The number of hydrogen-bond donors (Lipinski definition) is 2. The fourth-order valence-corrected chi connectivity index (χ4v) is 2.73. The molecule has 2 heterocycles. The number of carbonyl (C=O) groups excluding carboxylic acids is 1. The number of carboxylic acids is 1. The van der Waals surface area contributed by atoms with Crippen LogP contribution in [0.5, 0.6) is 0 Å². The molecule has 0 unspecified atom stereocenters. The van der Waals surface area contributed by atoms with Crippen LogP contribution in [-0.4, -0.2) is 37.8 Å². The summed E-state index contributed by atoms with van der Waals surface area (Å²) in [4.78, 5) is 28.3. The van der Waals surface area contributed by atoms with Gasteiger partial charge in [-0.3, -0.25) is 4.79 Å². The molecule has 1 amide bonds. The molecular formula is C19H20N4O3. The van der Waals surface area contributed by atoms with Crippen LogP contribution < -0.4 is 5.32 Å². The van der Waals surface area contributed by atoms with Crippen LogP contribution in [0.25, 0.3) is 11.0 Å². The Morgan fingerprint density at radius 2 is 1.92 bits per heavy atom. The molecule has 1 aromatic carbocycles. The van der Waals surface area contributed by atoms with Crippen molar-refractivity contribution in [2.45, 2.75) is 32.4 Å². The van der Waals surface area contributed by atoms with Gasteiger partial charge in [0.15, 0.2) is 5.65 Å². The molecule has 0 radical (unpaired) electrons. The highest BCUT2D eigenvalue weighted by atomic mass is 16.4. The molecule has 0 fully saturated rings. The van der Waals surface area contributed by atoms with E-state index in [2.05, 4.69) is 15.4 Å². The fraction of sp³-hybridized carbons (Fsp3) is 0.263. The van der Waals surface area contributed by atoms with Crippen molar-refractivity contribution in [2.24, 2.45) is 0 Å². The molecule has 2 N–H and O–H groups in total. The van der Waals surface area contributed by atoms with Gasteiger partial charge >= 0.3 is 5.97 Å².